The number of fused-ring (bicyclic) bond motifs is 2. The second kappa shape index (κ2) is 10.5. The van der Waals surface area contributed by atoms with Crippen molar-refractivity contribution in [3.05, 3.63) is 36.5 Å². The fraction of sp³-hybridized carbons (Fsp3) is 0.650. The van der Waals surface area contributed by atoms with Gasteiger partial charge in [-0.2, -0.15) is 0 Å². The molecular formula is C20H29O5-. The highest BCUT2D eigenvalue weighted by Crippen LogP contribution is 2.44. The second-order valence-electron chi connectivity index (χ2n) is 6.79. The second-order valence-corrected chi connectivity index (χ2v) is 6.79. The number of carboxylic acids is 1. The minimum atomic E-state index is -0.996. The van der Waals surface area contributed by atoms with Gasteiger partial charge in [0.2, 0.25) is 0 Å². The number of aliphatic hydroxyl groups is 1. The van der Waals surface area contributed by atoms with Gasteiger partial charge in [-0.15, -0.1) is 0 Å². The quantitative estimate of drug-likeness (QED) is 0.352. The molecule has 1 heterocycles. The third kappa shape index (κ3) is 6.42. The summed E-state index contributed by atoms with van der Waals surface area (Å²) in [7, 11) is 0. The molecule has 1 aliphatic heterocycles. The largest absolute Gasteiger partial charge is 0.550 e. The molecule has 2 aliphatic rings. The highest BCUT2D eigenvalue weighted by molar-refractivity contribution is 5.64. The Morgan fingerprint density at radius 2 is 2.04 bits per heavy atom. The van der Waals surface area contributed by atoms with Crippen molar-refractivity contribution in [1.82, 2.24) is 0 Å². The maximum absolute atomic E-state index is 10.4. The predicted octanol–water partition coefficient (Wildman–Crippen LogP) is 2.46. The zero-order chi connectivity index (χ0) is 18.1. The number of carbonyl (C=O) groups is 1. The van der Waals surface area contributed by atoms with Crippen molar-refractivity contribution in [1.29, 1.82) is 0 Å². The van der Waals surface area contributed by atoms with Crippen LogP contribution in [0.5, 0.6) is 0 Å². The fourth-order valence-electron chi connectivity index (χ4n) is 3.49. The summed E-state index contributed by atoms with van der Waals surface area (Å²) in [6.45, 7) is 2.07. The van der Waals surface area contributed by atoms with Crippen LogP contribution < -0.4 is 5.11 Å². The van der Waals surface area contributed by atoms with Gasteiger partial charge in [0, 0.05) is 24.2 Å². The zero-order valence-electron chi connectivity index (χ0n) is 14.9. The first kappa shape index (κ1) is 19.9. The van der Waals surface area contributed by atoms with Crippen LogP contribution in [0, 0.1) is 11.8 Å². The number of hydrogen-bond donors (Lipinski definition) is 1. The Hall–Kier alpha value is -1.43. The maximum atomic E-state index is 10.4. The van der Waals surface area contributed by atoms with Gasteiger partial charge in [0.15, 0.2) is 0 Å². The van der Waals surface area contributed by atoms with Crippen LogP contribution in [0.1, 0.15) is 51.9 Å². The Morgan fingerprint density at radius 3 is 2.80 bits per heavy atom. The van der Waals surface area contributed by atoms with Crippen LogP contribution >= 0.6 is 0 Å². The number of aliphatic hydroxyl groups excluding tert-OH is 1. The van der Waals surface area contributed by atoms with Gasteiger partial charge in [-0.3, -0.25) is 0 Å². The van der Waals surface area contributed by atoms with E-state index < -0.39 is 12.1 Å². The molecule has 140 valence electrons. The van der Waals surface area contributed by atoms with Crippen LogP contribution in [0.2, 0.25) is 0 Å². The molecule has 1 N–H and O–H groups in total. The smallest absolute Gasteiger partial charge is 0.102 e. The number of aliphatic carboxylic acids is 1. The molecule has 5 heteroatoms. The summed E-state index contributed by atoms with van der Waals surface area (Å²) >= 11 is 0. The van der Waals surface area contributed by atoms with Crippen LogP contribution in [-0.4, -0.2) is 29.4 Å². The average Bonchev–Trinajstić information content (AvgIpc) is 3.17. The lowest BCUT2D eigenvalue weighted by Crippen LogP contribution is -2.28. The molecule has 2 bridgehead atoms. The van der Waals surface area contributed by atoms with E-state index in [0.29, 0.717) is 18.8 Å². The van der Waals surface area contributed by atoms with Gasteiger partial charge in [0.05, 0.1) is 12.2 Å². The molecule has 1 saturated carbocycles. The number of allylic oxidation sites excluding steroid dienone is 3. The summed E-state index contributed by atoms with van der Waals surface area (Å²) < 4.78 is 0. The standard InChI is InChI=1S/C20H30O5/c1-2-3-6-9-15(21)12-13-17-16(18-14-19(17)25-24-18)10-7-4-5-8-11-20(22)23/h3-4,6-7,12-13,15-19,21H,2,5,8-11,14H2,1H3,(H,22,23)/p-1/b6-3-,7-4-,13-12+/t15-,16+,17+,18-,19+/m0/s1. The van der Waals surface area contributed by atoms with E-state index in [9.17, 15) is 15.0 Å². The Labute approximate surface area is 149 Å². The van der Waals surface area contributed by atoms with Crippen molar-refractivity contribution in [2.75, 3.05) is 0 Å². The monoisotopic (exact) mass is 349 g/mol. The van der Waals surface area contributed by atoms with E-state index in [1.807, 2.05) is 18.2 Å². The van der Waals surface area contributed by atoms with Crippen LogP contribution in [-0.2, 0) is 14.6 Å². The molecule has 0 unspecified atom stereocenters. The lowest BCUT2D eigenvalue weighted by molar-refractivity contribution is -0.336. The van der Waals surface area contributed by atoms with E-state index in [1.165, 1.54) is 0 Å². The van der Waals surface area contributed by atoms with Gasteiger partial charge >= 0.3 is 0 Å². The summed E-state index contributed by atoms with van der Waals surface area (Å²) in [5.74, 6) is -0.410. The van der Waals surface area contributed by atoms with E-state index in [0.717, 1.165) is 25.7 Å². The summed E-state index contributed by atoms with van der Waals surface area (Å²) in [5.41, 5.74) is 0. The number of unbranched alkanes of at least 4 members (excludes halogenated alkanes) is 1. The molecule has 25 heavy (non-hydrogen) atoms. The Kier molecular flexibility index (Phi) is 8.38. The molecule has 0 aromatic carbocycles. The minimum absolute atomic E-state index is 0.0659. The average molecular weight is 349 g/mol. The number of carboxylic acid groups (broad SMARTS) is 1. The summed E-state index contributed by atoms with van der Waals surface area (Å²) in [5, 5.41) is 20.4. The summed E-state index contributed by atoms with van der Waals surface area (Å²) in [6, 6.07) is 0. The molecule has 0 amide bonds. The van der Waals surface area contributed by atoms with E-state index >= 15 is 0 Å². The van der Waals surface area contributed by atoms with Crippen molar-refractivity contribution in [2.45, 2.75) is 70.2 Å². The van der Waals surface area contributed by atoms with Crippen molar-refractivity contribution in [3.63, 3.8) is 0 Å². The fourth-order valence-corrected chi connectivity index (χ4v) is 3.49. The third-order valence-corrected chi connectivity index (χ3v) is 4.83. The van der Waals surface area contributed by atoms with Crippen molar-refractivity contribution in [3.8, 4) is 0 Å². The van der Waals surface area contributed by atoms with Gasteiger partial charge in [-0.05, 0) is 38.5 Å². The first-order chi connectivity index (χ1) is 12.1. The van der Waals surface area contributed by atoms with Crippen LogP contribution in [0.25, 0.3) is 0 Å². The molecule has 0 radical (unpaired) electrons. The highest BCUT2D eigenvalue weighted by atomic mass is 17.2. The van der Waals surface area contributed by atoms with Crippen LogP contribution in [0.3, 0.4) is 0 Å². The summed E-state index contributed by atoms with van der Waals surface area (Å²) in [6.07, 6.45) is 16.7. The predicted molar refractivity (Wildman–Crippen MR) is 93.2 cm³/mol. The first-order valence-corrected chi connectivity index (χ1v) is 9.30. The molecule has 2 fully saturated rings. The molecule has 5 nitrogen and oxygen atoms in total. The highest BCUT2D eigenvalue weighted by Gasteiger charge is 2.49. The Balaban J connectivity index is 1.81. The van der Waals surface area contributed by atoms with Crippen LogP contribution in [0.4, 0.5) is 0 Å². The molecule has 1 aliphatic carbocycles. The Bertz CT molecular complexity index is 496. The topological polar surface area (TPSA) is 78.8 Å². The number of carbonyl (C=O) groups excluding carboxylic acids is 1. The number of rotatable bonds is 11. The molecule has 0 aromatic rings. The third-order valence-electron chi connectivity index (χ3n) is 4.83. The lowest BCUT2D eigenvalue weighted by atomic mass is 9.89. The van der Waals surface area contributed by atoms with Crippen molar-refractivity contribution >= 4 is 5.97 Å². The minimum Gasteiger partial charge on any atom is -0.550 e. The lowest BCUT2D eigenvalue weighted by Gasteiger charge is -2.27. The summed E-state index contributed by atoms with van der Waals surface area (Å²) in [4.78, 5) is 21.1. The first-order valence-electron chi connectivity index (χ1n) is 9.30. The van der Waals surface area contributed by atoms with Gasteiger partial charge in [-0.25, -0.2) is 9.78 Å². The van der Waals surface area contributed by atoms with Gasteiger partial charge < -0.3 is 15.0 Å². The van der Waals surface area contributed by atoms with Gasteiger partial charge in [0.1, 0.15) is 6.10 Å². The molecule has 5 atom stereocenters. The van der Waals surface area contributed by atoms with E-state index in [4.69, 9.17) is 9.78 Å². The molecular weight excluding hydrogens is 320 g/mol. The normalized spacial score (nSPS) is 30.2. The van der Waals surface area contributed by atoms with Crippen molar-refractivity contribution < 1.29 is 24.8 Å². The molecule has 2 rings (SSSR count). The van der Waals surface area contributed by atoms with E-state index in [2.05, 4.69) is 25.2 Å². The maximum Gasteiger partial charge on any atom is 0.102 e. The van der Waals surface area contributed by atoms with Crippen LogP contribution in [0.15, 0.2) is 36.5 Å². The SMILES string of the molecule is CC/C=C\C[C@H](O)/C=C/[C@@H]1[C@@H](C/C=C\CCCC(=O)[O-])[C@@H]2C[C@H]1OO2. The molecule has 0 spiro atoms. The van der Waals surface area contributed by atoms with E-state index in [-0.39, 0.29) is 24.5 Å². The Morgan fingerprint density at radius 1 is 1.24 bits per heavy atom. The molecule has 1 saturated heterocycles. The van der Waals surface area contributed by atoms with Gasteiger partial charge in [-0.1, -0.05) is 43.4 Å². The van der Waals surface area contributed by atoms with E-state index in [1.54, 1.807) is 0 Å². The van der Waals surface area contributed by atoms with Gasteiger partial charge in [0.25, 0.3) is 0 Å². The molecule has 0 aromatic heterocycles. The number of hydrogen-bond acceptors (Lipinski definition) is 5. The zero-order valence-corrected chi connectivity index (χ0v) is 14.9. The van der Waals surface area contributed by atoms with Crippen molar-refractivity contribution in [2.24, 2.45) is 11.8 Å².